The lowest BCUT2D eigenvalue weighted by Gasteiger charge is -2.05. The van der Waals surface area contributed by atoms with Crippen molar-refractivity contribution in [2.75, 3.05) is 5.73 Å². The smallest absolute Gasteiger partial charge is 0.248 e. The molecule has 0 aliphatic carbocycles. The van der Waals surface area contributed by atoms with Crippen LogP contribution in [0.1, 0.15) is 15.9 Å². The molecular formula is C14H13ClN2O2S. The standard InChI is InChI=1S/C14H13ClN2O2S/c15-12-7-11(5-6-13(12)16)20(19)8-9-1-3-10(4-2-9)14(17)18/h1-7H,8,16H2,(H2,17,18). The second-order valence-electron chi connectivity index (χ2n) is 4.23. The SMILES string of the molecule is NC(=O)c1ccc(CS(=O)c2ccc(N)c(Cl)c2)cc1. The summed E-state index contributed by atoms with van der Waals surface area (Å²) < 4.78 is 12.2. The Kier molecular flexibility index (Phi) is 4.42. The molecular weight excluding hydrogens is 296 g/mol. The predicted octanol–water partition coefficient (Wildman–Crippen LogP) is 2.33. The van der Waals surface area contributed by atoms with E-state index in [0.29, 0.717) is 26.9 Å². The number of primary amides is 1. The first-order valence-corrected chi connectivity index (χ1v) is 7.49. The van der Waals surface area contributed by atoms with E-state index in [1.807, 2.05) is 0 Å². The summed E-state index contributed by atoms with van der Waals surface area (Å²) in [5.74, 6) is -0.151. The largest absolute Gasteiger partial charge is 0.398 e. The van der Waals surface area contributed by atoms with Crippen LogP contribution in [0.3, 0.4) is 0 Å². The van der Waals surface area contributed by atoms with E-state index in [2.05, 4.69) is 0 Å². The van der Waals surface area contributed by atoms with E-state index in [4.69, 9.17) is 23.1 Å². The molecule has 0 spiro atoms. The molecule has 2 aromatic carbocycles. The minimum atomic E-state index is -1.23. The third kappa shape index (κ3) is 3.37. The first-order valence-electron chi connectivity index (χ1n) is 5.79. The van der Waals surface area contributed by atoms with Gasteiger partial charge in [0.25, 0.3) is 0 Å². The third-order valence-electron chi connectivity index (χ3n) is 2.77. The highest BCUT2D eigenvalue weighted by Gasteiger charge is 2.08. The number of halogens is 1. The molecule has 20 heavy (non-hydrogen) atoms. The normalized spacial score (nSPS) is 12.1. The minimum Gasteiger partial charge on any atom is -0.398 e. The number of carbonyl (C=O) groups is 1. The van der Waals surface area contributed by atoms with E-state index in [0.717, 1.165) is 5.56 Å². The van der Waals surface area contributed by atoms with E-state index < -0.39 is 16.7 Å². The molecule has 0 fully saturated rings. The van der Waals surface area contributed by atoms with Gasteiger partial charge in [0, 0.05) is 10.5 Å². The van der Waals surface area contributed by atoms with Gasteiger partial charge in [0.05, 0.1) is 27.3 Å². The van der Waals surface area contributed by atoms with E-state index in [9.17, 15) is 9.00 Å². The first-order chi connectivity index (χ1) is 9.47. The molecule has 4 nitrogen and oxygen atoms in total. The van der Waals surface area contributed by atoms with Gasteiger partial charge >= 0.3 is 0 Å². The highest BCUT2D eigenvalue weighted by Crippen LogP contribution is 2.23. The molecule has 104 valence electrons. The summed E-state index contributed by atoms with van der Waals surface area (Å²) in [5.41, 5.74) is 12.5. The van der Waals surface area contributed by atoms with Gasteiger partial charge in [0.1, 0.15) is 0 Å². The molecule has 1 atom stereocenters. The van der Waals surface area contributed by atoms with Crippen LogP contribution in [0.15, 0.2) is 47.4 Å². The van der Waals surface area contributed by atoms with Crippen molar-refractivity contribution in [3.8, 4) is 0 Å². The van der Waals surface area contributed by atoms with Crippen molar-refractivity contribution in [3.05, 3.63) is 58.6 Å². The molecule has 2 rings (SSSR count). The molecule has 0 aliphatic heterocycles. The van der Waals surface area contributed by atoms with Gasteiger partial charge in [0.15, 0.2) is 0 Å². The summed E-state index contributed by atoms with van der Waals surface area (Å²) in [6.07, 6.45) is 0. The Morgan fingerprint density at radius 1 is 1.15 bits per heavy atom. The van der Waals surface area contributed by atoms with Crippen LogP contribution in [0.4, 0.5) is 5.69 Å². The fraction of sp³-hybridized carbons (Fsp3) is 0.0714. The number of benzene rings is 2. The Balaban J connectivity index is 2.14. The Morgan fingerprint density at radius 3 is 2.35 bits per heavy atom. The average Bonchev–Trinajstić information content (AvgIpc) is 2.42. The van der Waals surface area contributed by atoms with Gasteiger partial charge in [-0.15, -0.1) is 0 Å². The Bertz CT molecular complexity index is 671. The van der Waals surface area contributed by atoms with Crippen molar-refractivity contribution >= 4 is 34.0 Å². The maximum atomic E-state index is 12.2. The van der Waals surface area contributed by atoms with Crippen LogP contribution in [0.25, 0.3) is 0 Å². The monoisotopic (exact) mass is 308 g/mol. The van der Waals surface area contributed by atoms with Crippen LogP contribution in [0, 0.1) is 0 Å². The van der Waals surface area contributed by atoms with Crippen LogP contribution >= 0.6 is 11.6 Å². The van der Waals surface area contributed by atoms with E-state index >= 15 is 0 Å². The zero-order valence-electron chi connectivity index (χ0n) is 10.5. The van der Waals surface area contributed by atoms with Crippen molar-refractivity contribution in [3.63, 3.8) is 0 Å². The quantitative estimate of drug-likeness (QED) is 0.850. The molecule has 1 unspecified atom stereocenters. The van der Waals surface area contributed by atoms with Crippen molar-refractivity contribution in [1.29, 1.82) is 0 Å². The van der Waals surface area contributed by atoms with Crippen LogP contribution in [0.2, 0.25) is 5.02 Å². The highest BCUT2D eigenvalue weighted by atomic mass is 35.5. The van der Waals surface area contributed by atoms with Gasteiger partial charge in [0.2, 0.25) is 5.91 Å². The number of anilines is 1. The number of hydrogen-bond acceptors (Lipinski definition) is 3. The number of hydrogen-bond donors (Lipinski definition) is 2. The van der Waals surface area contributed by atoms with Gasteiger partial charge in [-0.1, -0.05) is 23.7 Å². The first kappa shape index (κ1) is 14.6. The Hall–Kier alpha value is -1.85. The summed E-state index contributed by atoms with van der Waals surface area (Å²) >= 11 is 5.91. The third-order valence-corrected chi connectivity index (χ3v) is 4.47. The Labute approximate surface area is 124 Å². The molecule has 2 aromatic rings. The van der Waals surface area contributed by atoms with E-state index in [1.54, 1.807) is 42.5 Å². The number of nitrogen functional groups attached to an aromatic ring is 1. The van der Waals surface area contributed by atoms with Crippen molar-refractivity contribution < 1.29 is 9.00 Å². The lowest BCUT2D eigenvalue weighted by Crippen LogP contribution is -2.10. The maximum absolute atomic E-state index is 12.2. The maximum Gasteiger partial charge on any atom is 0.248 e. The van der Waals surface area contributed by atoms with Gasteiger partial charge < -0.3 is 11.5 Å². The van der Waals surface area contributed by atoms with Crippen molar-refractivity contribution in [1.82, 2.24) is 0 Å². The number of nitrogens with two attached hydrogens (primary N) is 2. The van der Waals surface area contributed by atoms with Crippen molar-refractivity contribution in [2.45, 2.75) is 10.6 Å². The Morgan fingerprint density at radius 2 is 1.80 bits per heavy atom. The zero-order valence-corrected chi connectivity index (χ0v) is 12.1. The van der Waals surface area contributed by atoms with Gasteiger partial charge in [-0.2, -0.15) is 0 Å². The average molecular weight is 309 g/mol. The number of carbonyl (C=O) groups excluding carboxylic acids is 1. The van der Waals surface area contributed by atoms with E-state index in [-0.39, 0.29) is 0 Å². The molecule has 6 heteroatoms. The second-order valence-corrected chi connectivity index (χ2v) is 6.09. The molecule has 0 saturated carbocycles. The van der Waals surface area contributed by atoms with E-state index in [1.165, 1.54) is 0 Å². The van der Waals surface area contributed by atoms with Gasteiger partial charge in [-0.3, -0.25) is 9.00 Å². The van der Waals surface area contributed by atoms with Crippen LogP contribution in [-0.2, 0) is 16.6 Å². The molecule has 1 amide bonds. The summed E-state index contributed by atoms with van der Waals surface area (Å²) in [4.78, 5) is 11.6. The summed E-state index contributed by atoms with van der Waals surface area (Å²) in [7, 11) is -1.23. The van der Waals surface area contributed by atoms with Crippen molar-refractivity contribution in [2.24, 2.45) is 5.73 Å². The molecule has 0 aliphatic rings. The molecule has 4 N–H and O–H groups in total. The molecule has 0 aromatic heterocycles. The predicted molar refractivity (Wildman–Crippen MR) is 80.9 cm³/mol. The minimum absolute atomic E-state index is 0.333. The summed E-state index contributed by atoms with van der Waals surface area (Å²) in [5, 5.41) is 0.389. The number of rotatable bonds is 4. The summed E-state index contributed by atoms with van der Waals surface area (Å²) in [6, 6.07) is 11.6. The lowest BCUT2D eigenvalue weighted by atomic mass is 10.1. The fourth-order valence-corrected chi connectivity index (χ4v) is 3.03. The topological polar surface area (TPSA) is 86.2 Å². The van der Waals surface area contributed by atoms with Gasteiger partial charge in [-0.05, 0) is 35.9 Å². The molecule has 0 saturated heterocycles. The van der Waals surface area contributed by atoms with Gasteiger partial charge in [-0.25, -0.2) is 0 Å². The molecule has 0 heterocycles. The second kappa shape index (κ2) is 6.07. The highest BCUT2D eigenvalue weighted by molar-refractivity contribution is 7.84. The van der Waals surface area contributed by atoms with Crippen LogP contribution in [-0.4, -0.2) is 10.1 Å². The van der Waals surface area contributed by atoms with Crippen LogP contribution < -0.4 is 11.5 Å². The summed E-state index contributed by atoms with van der Waals surface area (Å²) in [6.45, 7) is 0. The lowest BCUT2D eigenvalue weighted by molar-refractivity contribution is 0.100. The molecule has 0 radical (unpaired) electrons. The number of amides is 1. The zero-order chi connectivity index (χ0) is 14.7. The fourth-order valence-electron chi connectivity index (χ4n) is 1.65. The van der Waals surface area contributed by atoms with Crippen LogP contribution in [0.5, 0.6) is 0 Å². The molecule has 0 bridgehead atoms.